The van der Waals surface area contributed by atoms with Gasteiger partial charge in [-0.15, -0.1) is 0 Å². The van der Waals surface area contributed by atoms with Crippen LogP contribution in [-0.4, -0.2) is 44.4 Å². The summed E-state index contributed by atoms with van der Waals surface area (Å²) in [5.41, 5.74) is 1.26. The lowest BCUT2D eigenvalue weighted by molar-refractivity contribution is -0.125. The van der Waals surface area contributed by atoms with Crippen molar-refractivity contribution in [1.29, 1.82) is 0 Å². The number of likely N-dealkylation sites (N-methyl/N-ethyl adjacent to an activating group) is 2. The smallest absolute Gasteiger partial charge is 0.267 e. The number of unbranched alkanes of at least 4 members (excludes halogenated alkanes) is 1. The number of rotatable bonds is 12. The topological polar surface area (TPSA) is 99.3 Å². The van der Waals surface area contributed by atoms with Gasteiger partial charge in [0.15, 0.2) is 0 Å². The van der Waals surface area contributed by atoms with Crippen LogP contribution in [-0.2, 0) is 14.4 Å². The van der Waals surface area contributed by atoms with Crippen LogP contribution in [0.1, 0.15) is 51.0 Å². The zero-order chi connectivity index (χ0) is 21.6. The Balaban J connectivity index is 2.71. The Kier molecular flexibility index (Phi) is 11.3. The first kappa shape index (κ1) is 24.4. The summed E-state index contributed by atoms with van der Waals surface area (Å²) in [4.78, 5) is 36.5. The van der Waals surface area contributed by atoms with Crippen LogP contribution in [0.5, 0.6) is 0 Å². The summed E-state index contributed by atoms with van der Waals surface area (Å²) >= 11 is 0. The van der Waals surface area contributed by atoms with E-state index in [0.29, 0.717) is 25.8 Å². The number of benzene rings is 1. The van der Waals surface area contributed by atoms with E-state index in [0.717, 1.165) is 12.0 Å². The number of nitrogens with one attached hydrogen (secondary N) is 4. The summed E-state index contributed by atoms with van der Waals surface area (Å²) < 4.78 is 0. The predicted octanol–water partition coefficient (Wildman–Crippen LogP) is 1.82. The van der Waals surface area contributed by atoms with Crippen LogP contribution in [0.25, 0.3) is 0 Å². The standard InChI is InChI=1S/C22H34N4O3/c1-5-11-19(27)25-15-10-9-14-18(21(28)24-4)26-22(29)20(23-3)16(2)17-12-7-6-8-13-17/h6-8,12-14,16,20,23H,5,9-11,15H2,1-4H3,(H,24,28)(H,25,27)(H,26,29). The minimum atomic E-state index is -0.487. The molecular formula is C22H34N4O3. The van der Waals surface area contributed by atoms with E-state index in [1.54, 1.807) is 13.1 Å². The zero-order valence-electron chi connectivity index (χ0n) is 17.9. The molecule has 3 amide bonds. The van der Waals surface area contributed by atoms with Crippen LogP contribution in [0, 0.1) is 0 Å². The first-order chi connectivity index (χ1) is 13.9. The Labute approximate surface area is 173 Å². The van der Waals surface area contributed by atoms with Crippen molar-refractivity contribution in [3.05, 3.63) is 47.7 Å². The summed E-state index contributed by atoms with van der Waals surface area (Å²) in [5, 5.41) is 11.2. The molecule has 0 saturated heterocycles. The molecule has 1 rings (SSSR count). The lowest BCUT2D eigenvalue weighted by Crippen LogP contribution is -2.47. The summed E-state index contributed by atoms with van der Waals surface area (Å²) in [6.45, 7) is 4.46. The van der Waals surface area contributed by atoms with Gasteiger partial charge < -0.3 is 21.3 Å². The van der Waals surface area contributed by atoms with Gasteiger partial charge in [-0.1, -0.05) is 50.3 Å². The maximum absolute atomic E-state index is 12.8. The summed E-state index contributed by atoms with van der Waals surface area (Å²) in [7, 11) is 3.25. The fourth-order valence-corrected chi connectivity index (χ4v) is 2.99. The Morgan fingerprint density at radius 1 is 1.10 bits per heavy atom. The van der Waals surface area contributed by atoms with Crippen molar-refractivity contribution in [2.45, 2.75) is 51.5 Å². The molecule has 2 unspecified atom stereocenters. The number of hydrogen-bond donors (Lipinski definition) is 4. The third-order valence-electron chi connectivity index (χ3n) is 4.68. The number of amides is 3. The minimum absolute atomic E-state index is 0.0306. The van der Waals surface area contributed by atoms with Gasteiger partial charge in [0.25, 0.3) is 5.91 Å². The van der Waals surface area contributed by atoms with Crippen LogP contribution in [0.15, 0.2) is 42.1 Å². The Hall–Kier alpha value is -2.67. The number of carbonyl (C=O) groups excluding carboxylic acids is 3. The lowest BCUT2D eigenvalue weighted by atomic mass is 9.92. The second-order valence-electron chi connectivity index (χ2n) is 6.89. The molecule has 0 aliphatic rings. The van der Waals surface area contributed by atoms with Gasteiger partial charge >= 0.3 is 0 Å². The molecule has 2 atom stereocenters. The van der Waals surface area contributed by atoms with Crippen molar-refractivity contribution in [3.8, 4) is 0 Å². The highest BCUT2D eigenvalue weighted by atomic mass is 16.2. The normalized spacial score (nSPS) is 13.3. The highest BCUT2D eigenvalue weighted by Gasteiger charge is 2.26. The summed E-state index contributed by atoms with van der Waals surface area (Å²) in [6, 6.07) is 9.27. The van der Waals surface area contributed by atoms with Gasteiger partial charge in [0, 0.05) is 25.9 Å². The largest absolute Gasteiger partial charge is 0.356 e. The molecule has 0 spiro atoms. The molecular weight excluding hydrogens is 368 g/mol. The van der Waals surface area contributed by atoms with E-state index in [1.165, 1.54) is 7.05 Å². The molecule has 0 heterocycles. The van der Waals surface area contributed by atoms with E-state index in [4.69, 9.17) is 0 Å². The monoisotopic (exact) mass is 402 g/mol. The third-order valence-corrected chi connectivity index (χ3v) is 4.68. The molecule has 4 N–H and O–H groups in total. The highest BCUT2D eigenvalue weighted by molar-refractivity contribution is 5.98. The lowest BCUT2D eigenvalue weighted by Gasteiger charge is -2.23. The molecule has 0 fully saturated rings. The van der Waals surface area contributed by atoms with Gasteiger partial charge in [-0.2, -0.15) is 0 Å². The van der Waals surface area contributed by atoms with Crippen LogP contribution >= 0.6 is 0 Å². The fourth-order valence-electron chi connectivity index (χ4n) is 2.99. The molecule has 0 aliphatic heterocycles. The van der Waals surface area contributed by atoms with Gasteiger partial charge in [0.05, 0.1) is 6.04 Å². The first-order valence-electron chi connectivity index (χ1n) is 10.2. The fraction of sp³-hybridized carbons (Fsp3) is 0.500. The van der Waals surface area contributed by atoms with Gasteiger partial charge in [-0.05, 0) is 31.9 Å². The van der Waals surface area contributed by atoms with Crippen LogP contribution in [0.3, 0.4) is 0 Å². The van der Waals surface area contributed by atoms with Crippen LogP contribution in [0.2, 0.25) is 0 Å². The van der Waals surface area contributed by atoms with Gasteiger partial charge in [-0.25, -0.2) is 0 Å². The molecule has 1 aromatic carbocycles. The zero-order valence-corrected chi connectivity index (χ0v) is 17.9. The minimum Gasteiger partial charge on any atom is -0.356 e. The van der Waals surface area contributed by atoms with Gasteiger partial charge in [-0.3, -0.25) is 14.4 Å². The van der Waals surface area contributed by atoms with Crippen molar-refractivity contribution in [2.24, 2.45) is 0 Å². The van der Waals surface area contributed by atoms with E-state index in [9.17, 15) is 14.4 Å². The maximum Gasteiger partial charge on any atom is 0.267 e. The highest BCUT2D eigenvalue weighted by Crippen LogP contribution is 2.19. The van der Waals surface area contributed by atoms with Gasteiger partial charge in [0.2, 0.25) is 11.8 Å². The Bertz CT molecular complexity index is 689. The van der Waals surface area contributed by atoms with E-state index in [-0.39, 0.29) is 29.3 Å². The molecule has 7 heteroatoms. The molecule has 29 heavy (non-hydrogen) atoms. The molecule has 0 aliphatic carbocycles. The molecule has 160 valence electrons. The first-order valence-corrected chi connectivity index (χ1v) is 10.2. The van der Waals surface area contributed by atoms with E-state index in [2.05, 4.69) is 21.3 Å². The van der Waals surface area contributed by atoms with Crippen molar-refractivity contribution >= 4 is 17.7 Å². The second-order valence-corrected chi connectivity index (χ2v) is 6.89. The Morgan fingerprint density at radius 2 is 1.79 bits per heavy atom. The molecule has 0 saturated carbocycles. The summed E-state index contributed by atoms with van der Waals surface area (Å²) in [6.07, 6.45) is 4.27. The van der Waals surface area contributed by atoms with Crippen molar-refractivity contribution in [3.63, 3.8) is 0 Å². The predicted molar refractivity (Wildman–Crippen MR) is 115 cm³/mol. The third kappa shape index (κ3) is 8.48. The maximum atomic E-state index is 12.8. The van der Waals surface area contributed by atoms with Crippen LogP contribution in [0.4, 0.5) is 0 Å². The van der Waals surface area contributed by atoms with E-state index in [1.807, 2.05) is 44.2 Å². The van der Waals surface area contributed by atoms with Crippen LogP contribution < -0.4 is 21.3 Å². The molecule has 0 aromatic heterocycles. The number of allylic oxidation sites excluding steroid dienone is 1. The molecule has 0 radical (unpaired) electrons. The Morgan fingerprint density at radius 3 is 2.38 bits per heavy atom. The number of hydrogen-bond acceptors (Lipinski definition) is 4. The SMILES string of the molecule is CCCC(=O)NCCCC=C(NC(=O)C(NC)C(C)c1ccccc1)C(=O)NC. The molecule has 1 aromatic rings. The average Bonchev–Trinajstić information content (AvgIpc) is 2.73. The second kappa shape index (κ2) is 13.5. The van der Waals surface area contributed by atoms with Gasteiger partial charge in [0.1, 0.15) is 5.70 Å². The van der Waals surface area contributed by atoms with E-state index >= 15 is 0 Å². The van der Waals surface area contributed by atoms with E-state index < -0.39 is 6.04 Å². The van der Waals surface area contributed by atoms with Crippen molar-refractivity contribution in [1.82, 2.24) is 21.3 Å². The molecule has 0 bridgehead atoms. The summed E-state index contributed by atoms with van der Waals surface area (Å²) in [5.74, 6) is -0.658. The molecule has 7 nitrogen and oxygen atoms in total. The average molecular weight is 403 g/mol. The van der Waals surface area contributed by atoms with Crippen molar-refractivity contribution in [2.75, 3.05) is 20.6 Å². The quantitative estimate of drug-likeness (QED) is 0.317. The van der Waals surface area contributed by atoms with Crippen molar-refractivity contribution < 1.29 is 14.4 Å². The number of carbonyl (C=O) groups is 3.